The Hall–Kier alpha value is -0.210. The number of rotatable bonds is 3. The molecule has 0 amide bonds. The molecular weight excluding hydrogens is 310 g/mol. The summed E-state index contributed by atoms with van der Waals surface area (Å²) in [5.41, 5.74) is 2.49. The number of alkyl halides is 1. The molecule has 2 rings (SSSR count). The van der Waals surface area contributed by atoms with Gasteiger partial charge in [-0.15, -0.1) is 11.6 Å². The minimum atomic E-state index is 0.580. The molecule has 1 fully saturated rings. The predicted octanol–water partition coefficient (Wildman–Crippen LogP) is 5.20. The molecule has 100 valence electrons. The van der Waals surface area contributed by atoms with E-state index in [0.717, 1.165) is 5.92 Å². The van der Waals surface area contributed by atoms with Crippen LogP contribution < -0.4 is 4.90 Å². The number of hydrogen-bond acceptors (Lipinski definition) is 1. The summed E-state index contributed by atoms with van der Waals surface area (Å²) >= 11 is 9.55. The minimum Gasteiger partial charge on any atom is -0.371 e. The zero-order valence-electron chi connectivity index (χ0n) is 11.0. The third-order valence-corrected chi connectivity index (χ3v) is 4.88. The second-order valence-electron chi connectivity index (χ2n) is 5.11. The van der Waals surface area contributed by atoms with Gasteiger partial charge >= 0.3 is 0 Å². The summed E-state index contributed by atoms with van der Waals surface area (Å²) < 4.78 is 1.18. The van der Waals surface area contributed by atoms with Crippen molar-refractivity contribution in [1.29, 1.82) is 0 Å². The van der Waals surface area contributed by atoms with Crippen LogP contribution in [0.4, 0.5) is 5.69 Å². The molecular formula is C15H21BrClN. The molecule has 1 nitrogen and oxygen atoms in total. The third kappa shape index (κ3) is 3.42. The Morgan fingerprint density at radius 2 is 2.17 bits per heavy atom. The number of benzene rings is 1. The topological polar surface area (TPSA) is 3.24 Å². The first kappa shape index (κ1) is 14.2. The normalized spacial score (nSPS) is 20.8. The van der Waals surface area contributed by atoms with E-state index in [9.17, 15) is 0 Å². The maximum Gasteiger partial charge on any atom is 0.0510 e. The maximum atomic E-state index is 5.87. The number of hydrogen-bond donors (Lipinski definition) is 0. The fraction of sp³-hybridized carbons (Fsp3) is 0.600. The van der Waals surface area contributed by atoms with Gasteiger partial charge in [0.1, 0.15) is 0 Å². The Morgan fingerprint density at radius 3 is 2.83 bits per heavy atom. The zero-order valence-corrected chi connectivity index (χ0v) is 13.3. The first-order valence-corrected chi connectivity index (χ1v) is 8.16. The first-order valence-electron chi connectivity index (χ1n) is 6.84. The molecule has 0 N–H and O–H groups in total. The Balaban J connectivity index is 2.11. The molecule has 1 aromatic rings. The van der Waals surface area contributed by atoms with Crippen LogP contribution in [0, 0.1) is 5.92 Å². The van der Waals surface area contributed by atoms with Crippen LogP contribution in [0.25, 0.3) is 0 Å². The predicted molar refractivity (Wildman–Crippen MR) is 83.5 cm³/mol. The van der Waals surface area contributed by atoms with E-state index >= 15 is 0 Å². The van der Waals surface area contributed by atoms with Gasteiger partial charge in [-0.25, -0.2) is 0 Å². The molecule has 0 aliphatic carbocycles. The molecule has 0 saturated carbocycles. The number of nitrogens with zero attached hydrogens (tertiary/aromatic N) is 1. The van der Waals surface area contributed by atoms with E-state index in [0.29, 0.717) is 5.88 Å². The Labute approximate surface area is 124 Å². The van der Waals surface area contributed by atoms with Crippen molar-refractivity contribution in [2.45, 2.75) is 38.5 Å². The van der Waals surface area contributed by atoms with Crippen molar-refractivity contribution in [3.05, 3.63) is 28.2 Å². The molecule has 18 heavy (non-hydrogen) atoms. The van der Waals surface area contributed by atoms with E-state index in [1.807, 2.05) is 0 Å². The monoisotopic (exact) mass is 329 g/mol. The van der Waals surface area contributed by atoms with Crippen molar-refractivity contribution in [1.82, 2.24) is 0 Å². The van der Waals surface area contributed by atoms with Crippen LogP contribution >= 0.6 is 27.5 Å². The summed E-state index contributed by atoms with van der Waals surface area (Å²) in [7, 11) is 0. The molecule has 1 heterocycles. The average Bonchev–Trinajstić information content (AvgIpc) is 2.63. The van der Waals surface area contributed by atoms with Crippen LogP contribution in [-0.2, 0) is 5.88 Å². The van der Waals surface area contributed by atoms with Gasteiger partial charge in [0.05, 0.1) is 5.69 Å². The van der Waals surface area contributed by atoms with Crippen molar-refractivity contribution in [2.75, 3.05) is 18.0 Å². The molecule has 1 unspecified atom stereocenters. The van der Waals surface area contributed by atoms with Crippen LogP contribution in [0.5, 0.6) is 0 Å². The molecule has 3 heteroatoms. The van der Waals surface area contributed by atoms with Crippen molar-refractivity contribution >= 4 is 33.2 Å². The van der Waals surface area contributed by atoms with Gasteiger partial charge in [0, 0.05) is 23.4 Å². The first-order chi connectivity index (χ1) is 8.74. The van der Waals surface area contributed by atoms with Gasteiger partial charge < -0.3 is 4.90 Å². The summed E-state index contributed by atoms with van der Waals surface area (Å²) in [5, 5.41) is 0. The maximum absolute atomic E-state index is 5.87. The molecule has 1 aliphatic rings. The summed E-state index contributed by atoms with van der Waals surface area (Å²) in [4.78, 5) is 2.51. The fourth-order valence-corrected chi connectivity index (χ4v) is 3.55. The van der Waals surface area contributed by atoms with Crippen LogP contribution in [0.15, 0.2) is 22.7 Å². The average molecular weight is 331 g/mol. The molecule has 0 radical (unpaired) electrons. The lowest BCUT2D eigenvalue weighted by atomic mass is 9.98. The Bertz CT molecular complexity index is 394. The molecule has 1 aromatic carbocycles. The van der Waals surface area contributed by atoms with Crippen molar-refractivity contribution in [3.63, 3.8) is 0 Å². The molecule has 0 aromatic heterocycles. The van der Waals surface area contributed by atoms with Gasteiger partial charge in [-0.2, -0.15) is 0 Å². The fourth-order valence-electron chi connectivity index (χ4n) is 2.70. The number of anilines is 1. The highest BCUT2D eigenvalue weighted by molar-refractivity contribution is 9.10. The second-order valence-corrected chi connectivity index (χ2v) is 6.23. The Morgan fingerprint density at radius 1 is 1.33 bits per heavy atom. The SMILES string of the molecule is CCC1CCCN(c2ccc(CCl)cc2Br)CC1. The molecule has 0 bridgehead atoms. The van der Waals surface area contributed by atoms with Crippen molar-refractivity contribution in [2.24, 2.45) is 5.92 Å². The zero-order chi connectivity index (χ0) is 13.0. The second kappa shape index (κ2) is 6.81. The minimum absolute atomic E-state index is 0.580. The van der Waals surface area contributed by atoms with Crippen LogP contribution in [0.3, 0.4) is 0 Å². The van der Waals surface area contributed by atoms with Crippen molar-refractivity contribution < 1.29 is 0 Å². The standard InChI is InChI=1S/C15H21BrClN/c1-2-12-4-3-8-18(9-7-12)15-6-5-13(11-17)10-14(15)16/h5-6,10,12H,2-4,7-9,11H2,1H3. The molecule has 1 saturated heterocycles. The molecule has 1 atom stereocenters. The van der Waals surface area contributed by atoms with E-state index < -0.39 is 0 Å². The highest BCUT2D eigenvalue weighted by atomic mass is 79.9. The summed E-state index contributed by atoms with van der Waals surface area (Å²) in [6.45, 7) is 4.66. The van der Waals surface area contributed by atoms with Gasteiger partial charge in [-0.05, 0) is 58.8 Å². The largest absolute Gasteiger partial charge is 0.371 e. The van der Waals surface area contributed by atoms with Crippen LogP contribution in [0.2, 0.25) is 0 Å². The smallest absolute Gasteiger partial charge is 0.0510 e. The third-order valence-electron chi connectivity index (χ3n) is 3.93. The van der Waals surface area contributed by atoms with Crippen LogP contribution in [0.1, 0.15) is 38.2 Å². The summed E-state index contributed by atoms with van der Waals surface area (Å²) in [6.07, 6.45) is 5.33. The quantitative estimate of drug-likeness (QED) is 0.688. The summed E-state index contributed by atoms with van der Waals surface area (Å²) in [6, 6.07) is 6.48. The number of halogens is 2. The highest BCUT2D eigenvalue weighted by Crippen LogP contribution is 2.31. The van der Waals surface area contributed by atoms with Gasteiger partial charge in [-0.3, -0.25) is 0 Å². The lowest BCUT2D eigenvalue weighted by Crippen LogP contribution is -2.24. The summed E-state index contributed by atoms with van der Waals surface area (Å²) in [5.74, 6) is 1.49. The van der Waals surface area contributed by atoms with Crippen molar-refractivity contribution in [3.8, 4) is 0 Å². The van der Waals surface area contributed by atoms with E-state index in [-0.39, 0.29) is 0 Å². The van der Waals surface area contributed by atoms with E-state index in [1.165, 1.54) is 54.5 Å². The van der Waals surface area contributed by atoms with Gasteiger partial charge in [0.25, 0.3) is 0 Å². The van der Waals surface area contributed by atoms with Gasteiger partial charge in [0.2, 0.25) is 0 Å². The highest BCUT2D eigenvalue weighted by Gasteiger charge is 2.17. The van der Waals surface area contributed by atoms with E-state index in [1.54, 1.807) is 0 Å². The van der Waals surface area contributed by atoms with E-state index in [4.69, 9.17) is 11.6 Å². The van der Waals surface area contributed by atoms with Crippen LogP contribution in [-0.4, -0.2) is 13.1 Å². The van der Waals surface area contributed by atoms with Gasteiger partial charge in [-0.1, -0.05) is 19.4 Å². The van der Waals surface area contributed by atoms with E-state index in [2.05, 4.69) is 46.0 Å². The molecule has 0 spiro atoms. The lowest BCUT2D eigenvalue weighted by molar-refractivity contribution is 0.459. The molecule has 1 aliphatic heterocycles. The Kier molecular flexibility index (Phi) is 5.38. The lowest BCUT2D eigenvalue weighted by Gasteiger charge is -2.24. The van der Waals surface area contributed by atoms with Gasteiger partial charge in [0.15, 0.2) is 0 Å².